The maximum Gasteiger partial charge on any atom is 0.200 e. The van der Waals surface area contributed by atoms with Gasteiger partial charge in [-0.2, -0.15) is 0 Å². The molecule has 1 fully saturated rings. The Hall–Kier alpha value is -1.42. The fraction of sp³-hybridized carbons (Fsp3) is 0.647. The van der Waals surface area contributed by atoms with E-state index in [0.29, 0.717) is 11.5 Å². The van der Waals surface area contributed by atoms with Gasteiger partial charge in [0, 0.05) is 6.54 Å². The van der Waals surface area contributed by atoms with E-state index in [-0.39, 0.29) is 5.75 Å². The van der Waals surface area contributed by atoms with E-state index in [1.807, 2.05) is 12.1 Å². The Bertz CT molecular complexity index is 428. The van der Waals surface area contributed by atoms with Crippen LogP contribution in [0.5, 0.6) is 17.2 Å². The van der Waals surface area contributed by atoms with E-state index in [1.165, 1.54) is 25.7 Å². The molecule has 0 spiro atoms. The Morgan fingerprint density at radius 2 is 1.71 bits per heavy atom. The predicted octanol–water partition coefficient (Wildman–Crippen LogP) is 3.42. The highest BCUT2D eigenvalue weighted by atomic mass is 16.5. The lowest BCUT2D eigenvalue weighted by Crippen LogP contribution is -2.33. The van der Waals surface area contributed by atoms with E-state index in [2.05, 4.69) is 11.8 Å². The molecule has 1 aliphatic heterocycles. The normalized spacial score (nSPS) is 16.9. The van der Waals surface area contributed by atoms with Crippen molar-refractivity contribution < 1.29 is 14.6 Å². The summed E-state index contributed by atoms with van der Waals surface area (Å²) in [4.78, 5) is 2.47. The molecule has 1 aromatic carbocycles. The minimum absolute atomic E-state index is 0.0744. The molecule has 4 heteroatoms. The highest BCUT2D eigenvalue weighted by Crippen LogP contribution is 2.37. The molecular formula is C17H27NO3. The van der Waals surface area contributed by atoms with Gasteiger partial charge < -0.3 is 14.6 Å². The summed E-state index contributed by atoms with van der Waals surface area (Å²) in [6, 6.07) is 3.80. The van der Waals surface area contributed by atoms with Crippen molar-refractivity contribution in [1.29, 1.82) is 0 Å². The van der Waals surface area contributed by atoms with Crippen molar-refractivity contribution in [2.75, 3.05) is 27.3 Å². The average molecular weight is 293 g/mol. The van der Waals surface area contributed by atoms with Gasteiger partial charge in [-0.05, 0) is 49.5 Å². The highest BCUT2D eigenvalue weighted by Gasteiger charge is 2.19. The van der Waals surface area contributed by atoms with Crippen LogP contribution >= 0.6 is 0 Å². The van der Waals surface area contributed by atoms with Crippen LogP contribution in [0.25, 0.3) is 0 Å². The van der Waals surface area contributed by atoms with Crippen molar-refractivity contribution in [1.82, 2.24) is 4.90 Å². The number of likely N-dealkylation sites (tertiary alicyclic amines) is 1. The lowest BCUT2D eigenvalue weighted by Gasteiger charge is -2.32. The number of piperidine rings is 1. The van der Waals surface area contributed by atoms with Gasteiger partial charge in [-0.15, -0.1) is 0 Å². The zero-order valence-electron chi connectivity index (χ0n) is 13.4. The first-order valence-electron chi connectivity index (χ1n) is 7.84. The van der Waals surface area contributed by atoms with Crippen LogP contribution in [0.4, 0.5) is 0 Å². The fourth-order valence-electron chi connectivity index (χ4n) is 3.14. The van der Waals surface area contributed by atoms with Crippen LogP contribution in [-0.2, 0) is 6.54 Å². The minimum Gasteiger partial charge on any atom is -0.502 e. The number of nitrogens with zero attached hydrogens (tertiary/aromatic N) is 1. The molecule has 1 aromatic rings. The monoisotopic (exact) mass is 293 g/mol. The number of rotatable bonds is 6. The van der Waals surface area contributed by atoms with Gasteiger partial charge in [0.2, 0.25) is 5.75 Å². The van der Waals surface area contributed by atoms with Crippen molar-refractivity contribution in [3.05, 3.63) is 17.7 Å². The highest BCUT2D eigenvalue weighted by molar-refractivity contribution is 5.52. The van der Waals surface area contributed by atoms with Gasteiger partial charge in [0.25, 0.3) is 0 Å². The molecule has 0 atom stereocenters. The standard InChI is InChI=1S/C17H27NO3/c1-4-5-13-6-8-18(9-7-13)12-14-10-15(20-2)17(19)16(11-14)21-3/h10-11,13,19H,4-9,12H2,1-3H3. The van der Waals surface area contributed by atoms with E-state index >= 15 is 0 Å². The summed E-state index contributed by atoms with van der Waals surface area (Å²) in [5, 5.41) is 9.95. The van der Waals surface area contributed by atoms with E-state index in [0.717, 1.165) is 31.1 Å². The van der Waals surface area contributed by atoms with Gasteiger partial charge in [0.05, 0.1) is 14.2 Å². The number of methoxy groups -OCH3 is 2. The van der Waals surface area contributed by atoms with Crippen LogP contribution in [0.1, 0.15) is 38.2 Å². The molecule has 21 heavy (non-hydrogen) atoms. The number of ether oxygens (including phenoxy) is 2. The molecule has 0 saturated carbocycles. The summed E-state index contributed by atoms with van der Waals surface area (Å²) in [6.45, 7) is 5.44. The minimum atomic E-state index is 0.0744. The summed E-state index contributed by atoms with van der Waals surface area (Å²) < 4.78 is 10.4. The molecule has 0 aliphatic carbocycles. The van der Waals surface area contributed by atoms with Crippen LogP contribution in [0.3, 0.4) is 0 Å². The Labute approximate surface area is 127 Å². The number of aromatic hydroxyl groups is 1. The quantitative estimate of drug-likeness (QED) is 0.872. The van der Waals surface area contributed by atoms with E-state index < -0.39 is 0 Å². The molecule has 4 nitrogen and oxygen atoms in total. The molecule has 0 amide bonds. The van der Waals surface area contributed by atoms with Crippen LogP contribution in [-0.4, -0.2) is 37.3 Å². The van der Waals surface area contributed by atoms with Crippen LogP contribution in [0, 0.1) is 5.92 Å². The number of benzene rings is 1. The summed E-state index contributed by atoms with van der Waals surface area (Å²) in [6.07, 6.45) is 5.23. The Kier molecular flexibility index (Phi) is 5.74. The van der Waals surface area contributed by atoms with Gasteiger partial charge in [0.1, 0.15) is 0 Å². The van der Waals surface area contributed by atoms with Gasteiger partial charge in [-0.1, -0.05) is 19.8 Å². The Balaban J connectivity index is 2.00. The first kappa shape index (κ1) is 16.0. The van der Waals surface area contributed by atoms with Crippen molar-refractivity contribution in [2.45, 2.75) is 39.2 Å². The Morgan fingerprint density at radius 3 is 2.19 bits per heavy atom. The molecule has 118 valence electrons. The first-order valence-corrected chi connectivity index (χ1v) is 7.84. The number of phenolic OH excluding ortho intramolecular Hbond substituents is 1. The zero-order valence-corrected chi connectivity index (χ0v) is 13.4. The van der Waals surface area contributed by atoms with E-state index in [4.69, 9.17) is 9.47 Å². The smallest absolute Gasteiger partial charge is 0.200 e. The van der Waals surface area contributed by atoms with Crippen molar-refractivity contribution in [3.8, 4) is 17.2 Å². The average Bonchev–Trinajstić information content (AvgIpc) is 2.51. The van der Waals surface area contributed by atoms with Crippen LogP contribution < -0.4 is 9.47 Å². The van der Waals surface area contributed by atoms with Gasteiger partial charge in [-0.3, -0.25) is 4.90 Å². The maximum absolute atomic E-state index is 9.95. The predicted molar refractivity (Wildman–Crippen MR) is 84.1 cm³/mol. The number of hydrogen-bond donors (Lipinski definition) is 1. The number of hydrogen-bond acceptors (Lipinski definition) is 4. The third kappa shape index (κ3) is 4.03. The lowest BCUT2D eigenvalue weighted by molar-refractivity contribution is 0.171. The van der Waals surface area contributed by atoms with Crippen LogP contribution in [0.2, 0.25) is 0 Å². The van der Waals surface area contributed by atoms with E-state index in [9.17, 15) is 5.11 Å². The molecule has 0 aromatic heterocycles. The largest absolute Gasteiger partial charge is 0.502 e. The second kappa shape index (κ2) is 7.55. The van der Waals surface area contributed by atoms with Gasteiger partial charge in [-0.25, -0.2) is 0 Å². The van der Waals surface area contributed by atoms with Crippen molar-refractivity contribution in [3.63, 3.8) is 0 Å². The summed E-state index contributed by atoms with van der Waals surface area (Å²) >= 11 is 0. The molecule has 2 rings (SSSR count). The third-order valence-corrected chi connectivity index (χ3v) is 4.35. The SMILES string of the molecule is CCCC1CCN(Cc2cc(OC)c(O)c(OC)c2)CC1. The van der Waals surface area contributed by atoms with Crippen molar-refractivity contribution in [2.24, 2.45) is 5.92 Å². The maximum atomic E-state index is 9.95. The second-order valence-electron chi connectivity index (χ2n) is 5.86. The lowest BCUT2D eigenvalue weighted by atomic mass is 9.92. The summed E-state index contributed by atoms with van der Waals surface area (Å²) in [7, 11) is 3.13. The van der Waals surface area contributed by atoms with Crippen molar-refractivity contribution >= 4 is 0 Å². The second-order valence-corrected chi connectivity index (χ2v) is 5.86. The van der Waals surface area contributed by atoms with Crippen LogP contribution in [0.15, 0.2) is 12.1 Å². The zero-order chi connectivity index (χ0) is 15.2. The molecule has 1 aliphatic rings. The molecule has 0 unspecified atom stereocenters. The number of phenols is 1. The summed E-state index contributed by atoms with van der Waals surface area (Å²) in [5.74, 6) is 1.93. The Morgan fingerprint density at radius 1 is 1.14 bits per heavy atom. The topological polar surface area (TPSA) is 41.9 Å². The van der Waals surface area contributed by atoms with E-state index in [1.54, 1.807) is 14.2 Å². The molecule has 1 N–H and O–H groups in total. The molecule has 0 radical (unpaired) electrons. The van der Waals surface area contributed by atoms with Gasteiger partial charge >= 0.3 is 0 Å². The van der Waals surface area contributed by atoms with Gasteiger partial charge in [0.15, 0.2) is 11.5 Å². The first-order chi connectivity index (χ1) is 10.2. The molecular weight excluding hydrogens is 266 g/mol. The molecule has 1 heterocycles. The molecule has 1 saturated heterocycles. The third-order valence-electron chi connectivity index (χ3n) is 4.35. The summed E-state index contributed by atoms with van der Waals surface area (Å²) in [5.41, 5.74) is 1.12. The fourth-order valence-corrected chi connectivity index (χ4v) is 3.14. The molecule has 0 bridgehead atoms.